The second-order valence-electron chi connectivity index (χ2n) is 4.30. The number of benzene rings is 2. The van der Waals surface area contributed by atoms with Crippen LogP contribution in [0.3, 0.4) is 0 Å². The van der Waals surface area contributed by atoms with Crippen molar-refractivity contribution in [1.29, 1.82) is 0 Å². The quantitative estimate of drug-likeness (QED) is 0.489. The fourth-order valence-electron chi connectivity index (χ4n) is 1.64. The Morgan fingerprint density at radius 2 is 1.67 bits per heavy atom. The predicted molar refractivity (Wildman–Crippen MR) is 88.9 cm³/mol. The molecule has 3 nitrogen and oxygen atoms in total. The highest BCUT2D eigenvalue weighted by Gasteiger charge is 2.12. The summed E-state index contributed by atoms with van der Waals surface area (Å²) in [5.41, 5.74) is 0.914. The van der Waals surface area contributed by atoms with Gasteiger partial charge in [0.05, 0.1) is 6.42 Å². The topological polar surface area (TPSA) is 29.5 Å². The van der Waals surface area contributed by atoms with Gasteiger partial charge in [-0.05, 0) is 29.9 Å². The van der Waals surface area contributed by atoms with Crippen molar-refractivity contribution in [1.82, 2.24) is 5.06 Å². The molecule has 0 aliphatic heterocycles. The first-order valence-electron chi connectivity index (χ1n) is 6.40. The van der Waals surface area contributed by atoms with Crippen molar-refractivity contribution < 1.29 is 9.63 Å². The molecule has 0 amide bonds. The first kappa shape index (κ1) is 15.5. The molecule has 2 aromatic rings. The largest absolute Gasteiger partial charge is 0.339 e. The maximum absolute atomic E-state index is 11.8. The van der Waals surface area contributed by atoms with E-state index in [-0.39, 0.29) is 12.4 Å². The average Bonchev–Trinajstić information content (AvgIpc) is 2.49. The lowest BCUT2D eigenvalue weighted by Crippen LogP contribution is -2.27. The van der Waals surface area contributed by atoms with Gasteiger partial charge in [-0.15, -0.1) is 0 Å². The van der Waals surface area contributed by atoms with Gasteiger partial charge in [0.2, 0.25) is 0 Å². The van der Waals surface area contributed by atoms with Crippen molar-refractivity contribution in [2.75, 3.05) is 7.05 Å². The fourth-order valence-corrected chi connectivity index (χ4v) is 2.63. The van der Waals surface area contributed by atoms with E-state index in [1.807, 2.05) is 60.7 Å². The van der Waals surface area contributed by atoms with Gasteiger partial charge in [-0.1, -0.05) is 60.3 Å². The van der Waals surface area contributed by atoms with Crippen molar-refractivity contribution in [3.05, 3.63) is 66.2 Å². The van der Waals surface area contributed by atoms with Crippen LogP contribution in [0.2, 0.25) is 0 Å². The number of hydroxylamine groups is 2. The molecule has 108 valence electrons. The van der Waals surface area contributed by atoms with E-state index in [1.165, 1.54) is 16.8 Å². The highest BCUT2D eigenvalue weighted by molar-refractivity contribution is 8.22. The molecule has 5 heteroatoms. The highest BCUT2D eigenvalue weighted by atomic mass is 32.2. The Morgan fingerprint density at radius 3 is 2.29 bits per heavy atom. The van der Waals surface area contributed by atoms with Crippen LogP contribution >= 0.6 is 24.0 Å². The van der Waals surface area contributed by atoms with Crippen LogP contribution in [-0.4, -0.2) is 22.4 Å². The SMILES string of the molecule is CN(OC(=O)Cc1ccccc1)C(=S)Sc1ccccc1. The minimum atomic E-state index is -0.334. The van der Waals surface area contributed by atoms with Crippen LogP contribution in [0.25, 0.3) is 0 Å². The van der Waals surface area contributed by atoms with Gasteiger partial charge in [-0.2, -0.15) is 5.06 Å². The van der Waals surface area contributed by atoms with Crippen molar-refractivity contribution in [3.63, 3.8) is 0 Å². The Balaban J connectivity index is 1.84. The first-order chi connectivity index (χ1) is 10.1. The minimum Gasteiger partial charge on any atom is -0.339 e. The maximum Gasteiger partial charge on any atom is 0.336 e. The maximum atomic E-state index is 11.8. The summed E-state index contributed by atoms with van der Waals surface area (Å²) >= 11 is 6.63. The second kappa shape index (κ2) is 7.81. The molecule has 0 bridgehead atoms. The molecule has 2 rings (SSSR count). The van der Waals surface area contributed by atoms with Crippen LogP contribution < -0.4 is 0 Å². The monoisotopic (exact) mass is 317 g/mol. The standard InChI is InChI=1S/C16H15NO2S2/c1-17(16(20)21-14-10-6-3-7-11-14)19-15(18)12-13-8-4-2-5-9-13/h2-11H,12H2,1H3. The number of carbonyl (C=O) groups is 1. The van der Waals surface area contributed by atoms with Crippen molar-refractivity contribution in [2.45, 2.75) is 11.3 Å². The molecule has 2 aromatic carbocycles. The van der Waals surface area contributed by atoms with Gasteiger partial charge >= 0.3 is 5.97 Å². The lowest BCUT2D eigenvalue weighted by molar-refractivity contribution is -0.167. The molecule has 0 saturated carbocycles. The number of thioether (sulfide) groups is 1. The summed E-state index contributed by atoms with van der Waals surface area (Å²) in [5, 5.41) is 1.33. The summed E-state index contributed by atoms with van der Waals surface area (Å²) in [7, 11) is 1.64. The number of nitrogens with zero attached hydrogens (tertiary/aromatic N) is 1. The summed E-state index contributed by atoms with van der Waals surface area (Å²) in [6.07, 6.45) is 0.226. The van der Waals surface area contributed by atoms with E-state index in [4.69, 9.17) is 17.1 Å². The zero-order valence-corrected chi connectivity index (χ0v) is 13.2. The van der Waals surface area contributed by atoms with Gasteiger partial charge in [0.15, 0.2) is 4.32 Å². The molecule has 0 N–H and O–H groups in total. The lowest BCUT2D eigenvalue weighted by atomic mass is 10.2. The van der Waals surface area contributed by atoms with Crippen LogP contribution in [0, 0.1) is 0 Å². The summed E-state index contributed by atoms with van der Waals surface area (Å²) in [6.45, 7) is 0. The molecule has 0 atom stereocenters. The normalized spacial score (nSPS) is 9.95. The Labute approximate surface area is 133 Å². The molecule has 0 saturated heterocycles. The summed E-state index contributed by atoms with van der Waals surface area (Å²) in [4.78, 5) is 18.1. The predicted octanol–water partition coefficient (Wildman–Crippen LogP) is 3.70. The number of hydrogen-bond acceptors (Lipinski definition) is 4. The van der Waals surface area contributed by atoms with E-state index in [9.17, 15) is 4.79 Å². The first-order valence-corrected chi connectivity index (χ1v) is 7.63. The zero-order chi connectivity index (χ0) is 15.1. The Hall–Kier alpha value is -1.85. The Bertz CT molecular complexity index is 602. The fraction of sp³-hybridized carbons (Fsp3) is 0.125. The number of hydrogen-bond donors (Lipinski definition) is 0. The van der Waals surface area contributed by atoms with Crippen molar-refractivity contribution in [2.24, 2.45) is 0 Å². The van der Waals surface area contributed by atoms with Gasteiger partial charge in [-0.3, -0.25) is 0 Å². The Morgan fingerprint density at radius 1 is 1.10 bits per heavy atom. The molecule has 0 aliphatic carbocycles. The van der Waals surface area contributed by atoms with Crippen LogP contribution in [0.15, 0.2) is 65.6 Å². The smallest absolute Gasteiger partial charge is 0.336 e. The molecule has 0 radical (unpaired) electrons. The average molecular weight is 317 g/mol. The molecule has 21 heavy (non-hydrogen) atoms. The van der Waals surface area contributed by atoms with Gasteiger partial charge in [0.25, 0.3) is 0 Å². The third-order valence-electron chi connectivity index (χ3n) is 2.64. The van der Waals surface area contributed by atoms with Crippen LogP contribution in [0.1, 0.15) is 5.56 Å². The molecule has 0 spiro atoms. The molecular weight excluding hydrogens is 302 g/mol. The summed E-state index contributed by atoms with van der Waals surface area (Å²) < 4.78 is 0.489. The van der Waals surface area contributed by atoms with Crippen LogP contribution in [0.4, 0.5) is 0 Å². The third kappa shape index (κ3) is 5.21. The number of carbonyl (C=O) groups excluding carboxylic acids is 1. The van der Waals surface area contributed by atoms with E-state index in [0.29, 0.717) is 4.32 Å². The van der Waals surface area contributed by atoms with E-state index in [2.05, 4.69) is 0 Å². The summed E-state index contributed by atoms with van der Waals surface area (Å²) in [5.74, 6) is -0.334. The molecule has 0 aliphatic rings. The number of rotatable bonds is 3. The van der Waals surface area contributed by atoms with Gasteiger partial charge in [0.1, 0.15) is 0 Å². The molecule has 0 aromatic heterocycles. The van der Waals surface area contributed by atoms with E-state index < -0.39 is 0 Å². The van der Waals surface area contributed by atoms with E-state index in [0.717, 1.165) is 10.5 Å². The molecule has 0 heterocycles. The summed E-state index contributed by atoms with van der Waals surface area (Å²) in [6, 6.07) is 19.2. The van der Waals surface area contributed by atoms with Crippen molar-refractivity contribution >= 4 is 34.3 Å². The number of thiocarbonyl (C=S) groups is 1. The molecular formula is C16H15NO2S2. The van der Waals surface area contributed by atoms with E-state index >= 15 is 0 Å². The molecule has 0 fully saturated rings. The third-order valence-corrected chi connectivity index (χ3v) is 4.08. The lowest BCUT2D eigenvalue weighted by Gasteiger charge is -2.18. The van der Waals surface area contributed by atoms with Gasteiger partial charge < -0.3 is 4.84 Å². The van der Waals surface area contributed by atoms with Crippen molar-refractivity contribution in [3.8, 4) is 0 Å². The van der Waals surface area contributed by atoms with Crippen LogP contribution in [0.5, 0.6) is 0 Å². The van der Waals surface area contributed by atoms with Gasteiger partial charge in [0, 0.05) is 11.9 Å². The van der Waals surface area contributed by atoms with E-state index in [1.54, 1.807) is 7.05 Å². The second-order valence-corrected chi connectivity index (χ2v) is 6.01. The minimum absolute atomic E-state index is 0.226. The molecule has 0 unspecified atom stereocenters. The van der Waals surface area contributed by atoms with Gasteiger partial charge in [-0.25, -0.2) is 4.79 Å². The van der Waals surface area contributed by atoms with Crippen LogP contribution in [-0.2, 0) is 16.1 Å². The highest BCUT2D eigenvalue weighted by Crippen LogP contribution is 2.20. The zero-order valence-electron chi connectivity index (χ0n) is 11.6. The Kier molecular flexibility index (Phi) is 5.78.